The number of carbonyl (C=O) groups excluding carboxylic acids is 1. The summed E-state index contributed by atoms with van der Waals surface area (Å²) in [6, 6.07) is 5.03. The van der Waals surface area contributed by atoms with Crippen molar-refractivity contribution in [3.63, 3.8) is 0 Å². The van der Waals surface area contributed by atoms with Gasteiger partial charge in [0.15, 0.2) is 0 Å². The highest BCUT2D eigenvalue weighted by Gasteiger charge is 2.08. The van der Waals surface area contributed by atoms with Gasteiger partial charge >= 0.3 is 0 Å². The number of imidazole rings is 1. The Kier molecular flexibility index (Phi) is 3.70. The molecule has 1 amide bonds. The van der Waals surface area contributed by atoms with Crippen LogP contribution in [0.2, 0.25) is 0 Å². The molecule has 1 heterocycles. The fourth-order valence-corrected chi connectivity index (χ4v) is 1.74. The molecule has 3 N–H and O–H groups in total. The topological polar surface area (TPSA) is 82.2 Å². The second kappa shape index (κ2) is 5.43. The molecule has 6 heteroatoms. The minimum absolute atomic E-state index is 0.438. The Morgan fingerprint density at radius 1 is 1.53 bits per heavy atom. The van der Waals surface area contributed by atoms with Crippen molar-refractivity contribution >= 4 is 11.6 Å². The molecule has 0 saturated heterocycles. The summed E-state index contributed by atoms with van der Waals surface area (Å²) in [5, 5.41) is 3.21. The third-order valence-corrected chi connectivity index (χ3v) is 2.86. The van der Waals surface area contributed by atoms with Crippen molar-refractivity contribution in [3.8, 4) is 5.75 Å². The Hall–Kier alpha value is -2.50. The molecule has 0 radical (unpaired) electrons. The van der Waals surface area contributed by atoms with Crippen LogP contribution < -0.4 is 15.8 Å². The SMILES string of the molecule is COc1ccc(C(N)=O)cc1NCc1cncn1C. The monoisotopic (exact) mass is 260 g/mol. The predicted molar refractivity (Wildman–Crippen MR) is 72.0 cm³/mol. The van der Waals surface area contributed by atoms with Crippen molar-refractivity contribution in [2.45, 2.75) is 6.54 Å². The molecule has 0 bridgehead atoms. The van der Waals surface area contributed by atoms with Crippen LogP contribution in [-0.4, -0.2) is 22.6 Å². The fraction of sp³-hybridized carbons (Fsp3) is 0.231. The lowest BCUT2D eigenvalue weighted by molar-refractivity contribution is 0.100. The molecule has 6 nitrogen and oxygen atoms in total. The summed E-state index contributed by atoms with van der Waals surface area (Å²) in [6.45, 7) is 0.578. The summed E-state index contributed by atoms with van der Waals surface area (Å²) in [5.41, 5.74) is 7.45. The van der Waals surface area contributed by atoms with E-state index in [9.17, 15) is 4.79 Å². The Morgan fingerprint density at radius 2 is 2.32 bits per heavy atom. The van der Waals surface area contributed by atoms with Gasteiger partial charge in [0.1, 0.15) is 5.75 Å². The summed E-state index contributed by atoms with van der Waals surface area (Å²) in [4.78, 5) is 15.2. The quantitative estimate of drug-likeness (QED) is 0.844. The molecule has 1 aromatic carbocycles. The molecule has 0 fully saturated rings. The maximum atomic E-state index is 11.2. The van der Waals surface area contributed by atoms with Crippen molar-refractivity contribution in [2.24, 2.45) is 12.8 Å². The van der Waals surface area contributed by atoms with Gasteiger partial charge in [0, 0.05) is 18.8 Å². The molecular formula is C13H16N4O2. The van der Waals surface area contributed by atoms with Gasteiger partial charge in [0.25, 0.3) is 0 Å². The van der Waals surface area contributed by atoms with Gasteiger partial charge in [-0.2, -0.15) is 0 Å². The largest absolute Gasteiger partial charge is 0.495 e. The molecule has 2 rings (SSSR count). The van der Waals surface area contributed by atoms with E-state index in [-0.39, 0.29) is 0 Å². The molecule has 19 heavy (non-hydrogen) atoms. The number of primary amides is 1. The molecule has 0 aliphatic heterocycles. The molecule has 0 unspecified atom stereocenters. The number of nitrogens with zero attached hydrogens (tertiary/aromatic N) is 2. The first-order chi connectivity index (χ1) is 9.11. The number of rotatable bonds is 5. The van der Waals surface area contributed by atoms with E-state index < -0.39 is 5.91 Å². The third-order valence-electron chi connectivity index (χ3n) is 2.86. The second-order valence-electron chi connectivity index (χ2n) is 4.13. The highest BCUT2D eigenvalue weighted by molar-refractivity contribution is 5.94. The van der Waals surface area contributed by atoms with E-state index in [0.717, 1.165) is 11.4 Å². The van der Waals surface area contributed by atoms with Crippen LogP contribution in [0.1, 0.15) is 16.1 Å². The molecule has 0 spiro atoms. The lowest BCUT2D eigenvalue weighted by Gasteiger charge is -2.12. The summed E-state index contributed by atoms with van der Waals surface area (Å²) < 4.78 is 7.16. The number of hydrogen-bond donors (Lipinski definition) is 2. The van der Waals surface area contributed by atoms with Crippen LogP contribution in [-0.2, 0) is 13.6 Å². The normalized spacial score (nSPS) is 10.2. The zero-order valence-corrected chi connectivity index (χ0v) is 10.9. The number of nitrogens with two attached hydrogens (primary N) is 1. The number of hydrogen-bond acceptors (Lipinski definition) is 4. The van der Waals surface area contributed by atoms with Crippen molar-refractivity contribution in [1.82, 2.24) is 9.55 Å². The number of nitrogens with one attached hydrogen (secondary N) is 1. The molecular weight excluding hydrogens is 244 g/mol. The van der Waals surface area contributed by atoms with E-state index in [1.165, 1.54) is 0 Å². The van der Waals surface area contributed by atoms with Crippen molar-refractivity contribution in [1.29, 1.82) is 0 Å². The van der Waals surface area contributed by atoms with Gasteiger partial charge in [-0.15, -0.1) is 0 Å². The molecule has 0 aliphatic carbocycles. The molecule has 0 saturated carbocycles. The van der Waals surface area contributed by atoms with Crippen LogP contribution in [0.25, 0.3) is 0 Å². The van der Waals surface area contributed by atoms with Gasteiger partial charge in [0.2, 0.25) is 5.91 Å². The summed E-state index contributed by atoms with van der Waals surface area (Å²) in [5.74, 6) is 0.193. The first-order valence-corrected chi connectivity index (χ1v) is 5.78. The lowest BCUT2D eigenvalue weighted by Crippen LogP contribution is -2.12. The third kappa shape index (κ3) is 2.85. The van der Waals surface area contributed by atoms with Gasteiger partial charge in [-0.1, -0.05) is 0 Å². The zero-order chi connectivity index (χ0) is 13.8. The fourth-order valence-electron chi connectivity index (χ4n) is 1.74. The van der Waals surface area contributed by atoms with E-state index in [0.29, 0.717) is 17.9 Å². The van der Waals surface area contributed by atoms with Crippen molar-refractivity contribution < 1.29 is 9.53 Å². The maximum Gasteiger partial charge on any atom is 0.248 e. The van der Waals surface area contributed by atoms with Crippen LogP contribution in [0.4, 0.5) is 5.69 Å². The number of anilines is 1. The highest BCUT2D eigenvalue weighted by atomic mass is 16.5. The number of amides is 1. The standard InChI is InChI=1S/C13H16N4O2/c1-17-8-15-6-10(17)7-16-11-5-9(13(14)18)3-4-12(11)19-2/h3-6,8,16H,7H2,1-2H3,(H2,14,18). The molecule has 2 aromatic rings. The smallest absolute Gasteiger partial charge is 0.248 e. The number of carbonyl (C=O) groups is 1. The van der Waals surface area contributed by atoms with Gasteiger partial charge in [0.05, 0.1) is 31.4 Å². The average Bonchev–Trinajstić information content (AvgIpc) is 2.81. The van der Waals surface area contributed by atoms with E-state index in [1.54, 1.807) is 37.8 Å². The molecule has 0 aliphatic rings. The molecule has 100 valence electrons. The van der Waals surface area contributed by atoms with E-state index >= 15 is 0 Å². The summed E-state index contributed by atoms with van der Waals surface area (Å²) in [7, 11) is 3.50. The number of aryl methyl sites for hydroxylation is 1. The second-order valence-corrected chi connectivity index (χ2v) is 4.13. The van der Waals surface area contributed by atoms with E-state index in [1.807, 2.05) is 11.6 Å². The van der Waals surface area contributed by atoms with Crippen LogP contribution in [0.3, 0.4) is 0 Å². The summed E-state index contributed by atoms with van der Waals surface area (Å²) >= 11 is 0. The van der Waals surface area contributed by atoms with Crippen LogP contribution >= 0.6 is 0 Å². The van der Waals surface area contributed by atoms with Crippen LogP contribution in [0.15, 0.2) is 30.7 Å². The van der Waals surface area contributed by atoms with Crippen molar-refractivity contribution in [2.75, 3.05) is 12.4 Å². The van der Waals surface area contributed by atoms with Gasteiger partial charge in [-0.3, -0.25) is 4.79 Å². The maximum absolute atomic E-state index is 11.2. The van der Waals surface area contributed by atoms with Gasteiger partial charge < -0.3 is 20.4 Å². The Balaban J connectivity index is 2.20. The Morgan fingerprint density at radius 3 is 2.89 bits per heavy atom. The molecule has 1 aromatic heterocycles. The number of benzene rings is 1. The number of aromatic nitrogens is 2. The zero-order valence-electron chi connectivity index (χ0n) is 10.9. The minimum Gasteiger partial charge on any atom is -0.495 e. The van der Waals surface area contributed by atoms with E-state index in [2.05, 4.69) is 10.3 Å². The van der Waals surface area contributed by atoms with Crippen LogP contribution in [0, 0.1) is 0 Å². The predicted octanol–water partition coefficient (Wildman–Crippen LogP) is 1.14. The van der Waals surface area contributed by atoms with Crippen molar-refractivity contribution in [3.05, 3.63) is 42.0 Å². The number of ether oxygens (including phenoxy) is 1. The first-order valence-electron chi connectivity index (χ1n) is 5.78. The van der Waals surface area contributed by atoms with Gasteiger partial charge in [-0.25, -0.2) is 4.98 Å². The van der Waals surface area contributed by atoms with Crippen LogP contribution in [0.5, 0.6) is 5.75 Å². The van der Waals surface area contributed by atoms with E-state index in [4.69, 9.17) is 10.5 Å². The Bertz CT molecular complexity index is 592. The average molecular weight is 260 g/mol. The first kappa shape index (κ1) is 12.9. The Labute approximate surface area is 111 Å². The number of methoxy groups -OCH3 is 1. The van der Waals surface area contributed by atoms with Gasteiger partial charge in [-0.05, 0) is 18.2 Å². The summed E-state index contributed by atoms with van der Waals surface area (Å²) in [6.07, 6.45) is 3.51. The minimum atomic E-state index is -0.466. The highest BCUT2D eigenvalue weighted by Crippen LogP contribution is 2.25. The lowest BCUT2D eigenvalue weighted by atomic mass is 10.1. The molecule has 0 atom stereocenters.